The second-order valence-corrected chi connectivity index (χ2v) is 13.1. The van der Waals surface area contributed by atoms with Crippen molar-refractivity contribution in [3.8, 4) is 11.5 Å². The van der Waals surface area contributed by atoms with Crippen LogP contribution in [0.2, 0.25) is 0 Å². The van der Waals surface area contributed by atoms with Gasteiger partial charge in [0.2, 0.25) is 0 Å². The third-order valence-electron chi connectivity index (χ3n) is 7.45. The van der Waals surface area contributed by atoms with Gasteiger partial charge >= 0.3 is 0 Å². The normalized spacial score (nSPS) is 10.7. The Morgan fingerprint density at radius 3 is 1.15 bits per heavy atom. The van der Waals surface area contributed by atoms with Gasteiger partial charge in [-0.15, -0.1) is 25.3 Å². The Balaban J connectivity index is 1.17. The highest BCUT2D eigenvalue weighted by molar-refractivity contribution is 8.11. The topological polar surface area (TPSA) is 24.9 Å². The van der Waals surface area contributed by atoms with Gasteiger partial charge in [-0.1, -0.05) is 146 Å². The first kappa shape index (κ1) is 33.5. The molecule has 0 fully saturated rings. The Bertz CT molecular complexity index is 1590. The second-order valence-electron chi connectivity index (χ2n) is 10.9. The Morgan fingerprint density at radius 1 is 0.435 bits per heavy atom. The molecule has 0 saturated heterocycles. The summed E-state index contributed by atoms with van der Waals surface area (Å²) in [5, 5.41) is 0. The van der Waals surface area contributed by atoms with E-state index >= 15 is 0 Å². The average molecular weight is 681 g/mol. The smallest absolute Gasteiger partial charge is 0.133 e. The first-order chi connectivity index (χ1) is 22.4. The molecular formula is C38H36N2O2S4. The van der Waals surface area contributed by atoms with Gasteiger partial charge < -0.3 is 19.3 Å². The number of hydrogen-bond donors (Lipinski definition) is 2. The van der Waals surface area contributed by atoms with Crippen LogP contribution in [-0.2, 0) is 39.4 Å². The van der Waals surface area contributed by atoms with E-state index in [4.69, 9.17) is 33.9 Å². The van der Waals surface area contributed by atoms with Crippen LogP contribution in [0.3, 0.4) is 0 Å². The molecule has 8 heteroatoms. The number of rotatable bonds is 14. The molecule has 0 aromatic heterocycles. The molecule has 5 aromatic carbocycles. The zero-order chi connectivity index (χ0) is 32.1. The van der Waals surface area contributed by atoms with Crippen LogP contribution in [0.15, 0.2) is 133 Å². The highest BCUT2D eigenvalue weighted by Gasteiger charge is 2.14. The summed E-state index contributed by atoms with van der Waals surface area (Å²) < 4.78 is 13.7. The van der Waals surface area contributed by atoms with Gasteiger partial charge in [0.05, 0.1) is 0 Å². The molecule has 0 saturated carbocycles. The van der Waals surface area contributed by atoms with Crippen molar-refractivity contribution in [3.05, 3.63) is 167 Å². The Morgan fingerprint density at radius 2 is 0.783 bits per heavy atom. The van der Waals surface area contributed by atoms with E-state index in [0.717, 1.165) is 33.8 Å². The number of benzene rings is 5. The molecule has 0 aliphatic rings. The largest absolute Gasteiger partial charge is 0.489 e. The highest BCUT2D eigenvalue weighted by Crippen LogP contribution is 2.25. The minimum atomic E-state index is 0.450. The summed E-state index contributed by atoms with van der Waals surface area (Å²) >= 11 is 19.9. The predicted molar refractivity (Wildman–Crippen MR) is 203 cm³/mol. The molecule has 0 unspecified atom stereocenters. The molecule has 0 aliphatic carbocycles. The molecule has 5 rings (SSSR count). The molecule has 0 aliphatic heterocycles. The summed E-state index contributed by atoms with van der Waals surface area (Å²) in [7, 11) is 0. The molecule has 4 nitrogen and oxygen atoms in total. The van der Waals surface area contributed by atoms with Crippen molar-refractivity contribution in [1.29, 1.82) is 0 Å². The lowest BCUT2D eigenvalue weighted by Gasteiger charge is -2.24. The molecular weight excluding hydrogens is 645 g/mol. The predicted octanol–water partition coefficient (Wildman–Crippen LogP) is 9.28. The van der Waals surface area contributed by atoms with Gasteiger partial charge in [-0.2, -0.15) is 0 Å². The quantitative estimate of drug-likeness (QED) is 0.0897. The van der Waals surface area contributed by atoms with Crippen LogP contribution < -0.4 is 9.47 Å². The second kappa shape index (κ2) is 17.2. The van der Waals surface area contributed by atoms with Crippen LogP contribution in [0.25, 0.3) is 0 Å². The fourth-order valence-corrected chi connectivity index (χ4v) is 5.55. The summed E-state index contributed by atoms with van der Waals surface area (Å²) in [6.07, 6.45) is 0. The number of nitrogens with zero attached hydrogens (tertiary/aromatic N) is 2. The van der Waals surface area contributed by atoms with Gasteiger partial charge in [-0.05, 0) is 34.4 Å². The molecule has 46 heavy (non-hydrogen) atoms. The maximum atomic E-state index is 6.29. The number of hydrogen-bond acceptors (Lipinski definition) is 4. The number of ether oxygens (including phenoxy) is 2. The Labute approximate surface area is 293 Å². The van der Waals surface area contributed by atoms with Crippen molar-refractivity contribution < 1.29 is 9.47 Å². The molecule has 0 spiro atoms. The standard InChI is InChI=1S/C38H36N2O2S4/c43-37(44)39(23-29-11-3-1-4-12-29)25-33-15-7-9-17-35(33)41-27-31-19-21-32(22-20-31)28-42-36-18-10-8-16-34(36)26-40(38(45)46)24-30-13-5-2-6-14-30/h1-22H,23-28H2,(H,43,44)(H,45,46). The van der Waals surface area contributed by atoms with E-state index in [9.17, 15) is 0 Å². The van der Waals surface area contributed by atoms with E-state index in [1.54, 1.807) is 0 Å². The first-order valence-electron chi connectivity index (χ1n) is 15.0. The lowest BCUT2D eigenvalue weighted by atomic mass is 10.1. The first-order valence-corrected chi connectivity index (χ1v) is 16.7. The van der Waals surface area contributed by atoms with Gasteiger partial charge in [0.25, 0.3) is 0 Å². The van der Waals surface area contributed by atoms with Gasteiger partial charge in [0.1, 0.15) is 33.4 Å². The van der Waals surface area contributed by atoms with Gasteiger partial charge in [-0.25, -0.2) is 0 Å². The van der Waals surface area contributed by atoms with Crippen LogP contribution in [0, 0.1) is 0 Å². The minimum absolute atomic E-state index is 0.450. The molecule has 0 heterocycles. The maximum Gasteiger partial charge on any atom is 0.133 e. The van der Waals surface area contributed by atoms with Crippen molar-refractivity contribution in [2.45, 2.75) is 39.4 Å². The summed E-state index contributed by atoms with van der Waals surface area (Å²) in [5.74, 6) is 1.66. The monoisotopic (exact) mass is 680 g/mol. The fraction of sp³-hybridized carbons (Fsp3) is 0.158. The highest BCUT2D eigenvalue weighted by atomic mass is 32.1. The van der Waals surface area contributed by atoms with Crippen LogP contribution in [0.4, 0.5) is 0 Å². The molecule has 0 atom stereocenters. The minimum Gasteiger partial charge on any atom is -0.489 e. The molecule has 0 radical (unpaired) electrons. The van der Waals surface area contributed by atoms with Gasteiger partial charge in [-0.3, -0.25) is 0 Å². The third-order valence-corrected chi connectivity index (χ3v) is 8.53. The fourth-order valence-electron chi connectivity index (χ4n) is 5.01. The van der Waals surface area contributed by atoms with E-state index in [1.165, 1.54) is 11.1 Å². The van der Waals surface area contributed by atoms with Crippen LogP contribution >= 0.6 is 49.7 Å². The zero-order valence-corrected chi connectivity index (χ0v) is 28.8. The number of thiol groups is 2. The lowest BCUT2D eigenvalue weighted by Crippen LogP contribution is -2.25. The van der Waals surface area contributed by atoms with E-state index in [1.807, 2.05) is 72.8 Å². The summed E-state index contributed by atoms with van der Waals surface area (Å²) in [6, 6.07) is 45.0. The van der Waals surface area contributed by atoms with E-state index < -0.39 is 0 Å². The molecule has 0 bridgehead atoms. The van der Waals surface area contributed by atoms with E-state index in [2.05, 4.69) is 95.7 Å². The average Bonchev–Trinajstić information content (AvgIpc) is 3.08. The summed E-state index contributed by atoms with van der Waals surface area (Å²) in [4.78, 5) is 4.13. The van der Waals surface area contributed by atoms with Crippen LogP contribution in [-0.4, -0.2) is 18.4 Å². The van der Waals surface area contributed by atoms with Crippen molar-refractivity contribution >= 4 is 58.3 Å². The molecule has 234 valence electrons. The van der Waals surface area contributed by atoms with Crippen LogP contribution in [0.1, 0.15) is 33.4 Å². The van der Waals surface area contributed by atoms with Crippen molar-refractivity contribution in [1.82, 2.24) is 9.80 Å². The molecule has 5 aromatic rings. The summed E-state index contributed by atoms with van der Waals surface area (Å²) in [6.45, 7) is 3.47. The van der Waals surface area contributed by atoms with Crippen molar-refractivity contribution in [3.63, 3.8) is 0 Å². The lowest BCUT2D eigenvalue weighted by molar-refractivity contribution is 0.294. The third kappa shape index (κ3) is 10.1. The van der Waals surface area contributed by atoms with Crippen molar-refractivity contribution in [2.75, 3.05) is 0 Å². The van der Waals surface area contributed by atoms with E-state index in [-0.39, 0.29) is 0 Å². The SMILES string of the molecule is S=C(S)N(Cc1ccccc1)Cc1ccccc1OCc1ccc(COc2ccccc2CN(Cc2ccccc2)C(=S)S)cc1. The molecule has 0 N–H and O–H groups in total. The maximum absolute atomic E-state index is 6.29. The van der Waals surface area contributed by atoms with Gasteiger partial charge in [0, 0.05) is 37.3 Å². The van der Waals surface area contributed by atoms with Gasteiger partial charge in [0.15, 0.2) is 0 Å². The van der Waals surface area contributed by atoms with E-state index in [0.29, 0.717) is 48.0 Å². The summed E-state index contributed by atoms with van der Waals surface area (Å²) in [5.41, 5.74) is 6.61. The number of para-hydroxylation sites is 2. The zero-order valence-electron chi connectivity index (χ0n) is 25.4. The molecule has 0 amide bonds. The van der Waals surface area contributed by atoms with Crippen molar-refractivity contribution in [2.24, 2.45) is 0 Å². The number of thiocarbonyl (C=S) groups is 2. The Kier molecular flexibility index (Phi) is 12.5. The van der Waals surface area contributed by atoms with Crippen LogP contribution in [0.5, 0.6) is 11.5 Å². The Hall–Kier alpha value is -3.82.